The van der Waals surface area contributed by atoms with E-state index < -0.39 is 5.97 Å². The van der Waals surface area contributed by atoms with Crippen LogP contribution in [0.15, 0.2) is 12.3 Å². The standard InChI is InChI=1S/C10H12BrN3O2/c1-16-10(15)8-9(12)13-6-7(14-8)4-2-3-5-11/h2,4,6H,3,5H2,1H3,(H2,12,13). The highest BCUT2D eigenvalue weighted by Crippen LogP contribution is 2.08. The van der Waals surface area contributed by atoms with Crippen molar-refractivity contribution >= 4 is 33.8 Å². The van der Waals surface area contributed by atoms with Crippen LogP contribution in [0.25, 0.3) is 6.08 Å². The van der Waals surface area contributed by atoms with Crippen molar-refractivity contribution in [1.29, 1.82) is 0 Å². The fraction of sp³-hybridized carbons (Fsp3) is 0.300. The normalized spacial score (nSPS) is 10.6. The Morgan fingerprint density at radius 2 is 2.44 bits per heavy atom. The number of alkyl halides is 1. The van der Waals surface area contributed by atoms with Crippen LogP contribution in [0.3, 0.4) is 0 Å². The average Bonchev–Trinajstić information content (AvgIpc) is 2.30. The molecular weight excluding hydrogens is 274 g/mol. The molecule has 1 rings (SSSR count). The molecule has 2 N–H and O–H groups in total. The minimum absolute atomic E-state index is 0.0449. The summed E-state index contributed by atoms with van der Waals surface area (Å²) in [5.74, 6) is -0.509. The zero-order valence-electron chi connectivity index (χ0n) is 8.81. The van der Waals surface area contributed by atoms with Crippen molar-refractivity contribution in [2.24, 2.45) is 0 Å². The molecule has 0 spiro atoms. The maximum atomic E-state index is 11.3. The van der Waals surface area contributed by atoms with Gasteiger partial charge in [0.25, 0.3) is 0 Å². The molecule has 6 heteroatoms. The van der Waals surface area contributed by atoms with Gasteiger partial charge >= 0.3 is 5.97 Å². The van der Waals surface area contributed by atoms with E-state index in [2.05, 4.69) is 30.6 Å². The molecule has 1 aromatic heterocycles. The number of ether oxygens (including phenoxy) is 1. The summed E-state index contributed by atoms with van der Waals surface area (Å²) in [7, 11) is 1.27. The summed E-state index contributed by atoms with van der Waals surface area (Å²) in [5, 5.41) is 0.871. The molecule has 0 aromatic carbocycles. The first kappa shape index (κ1) is 12.6. The lowest BCUT2D eigenvalue weighted by molar-refractivity contribution is 0.0595. The van der Waals surface area contributed by atoms with Crippen LogP contribution in [-0.4, -0.2) is 28.4 Å². The summed E-state index contributed by atoms with van der Waals surface area (Å²) in [6, 6.07) is 0. The fourth-order valence-electron chi connectivity index (χ4n) is 1.01. The van der Waals surface area contributed by atoms with Gasteiger partial charge in [-0.1, -0.05) is 22.0 Å². The Kier molecular flexibility index (Phi) is 4.91. The monoisotopic (exact) mass is 285 g/mol. The molecule has 86 valence electrons. The largest absolute Gasteiger partial charge is 0.464 e. The average molecular weight is 286 g/mol. The summed E-state index contributed by atoms with van der Waals surface area (Å²) < 4.78 is 4.54. The van der Waals surface area contributed by atoms with Gasteiger partial charge in [-0.05, 0) is 12.5 Å². The van der Waals surface area contributed by atoms with Crippen LogP contribution in [0.4, 0.5) is 5.82 Å². The quantitative estimate of drug-likeness (QED) is 0.672. The number of hydrogen-bond donors (Lipinski definition) is 1. The second-order valence-electron chi connectivity index (χ2n) is 2.90. The number of halogens is 1. The number of carbonyl (C=O) groups excluding carboxylic acids is 1. The van der Waals surface area contributed by atoms with Gasteiger partial charge in [0.05, 0.1) is 19.0 Å². The van der Waals surface area contributed by atoms with Gasteiger partial charge in [-0.25, -0.2) is 14.8 Å². The van der Waals surface area contributed by atoms with Gasteiger partial charge in [-0.3, -0.25) is 0 Å². The summed E-state index contributed by atoms with van der Waals surface area (Å²) in [6.07, 6.45) is 6.09. The number of nitrogen functional groups attached to an aromatic ring is 1. The van der Waals surface area contributed by atoms with Crippen molar-refractivity contribution in [2.45, 2.75) is 6.42 Å². The van der Waals surface area contributed by atoms with Gasteiger partial charge in [-0.2, -0.15) is 0 Å². The van der Waals surface area contributed by atoms with Crippen molar-refractivity contribution in [3.05, 3.63) is 23.7 Å². The van der Waals surface area contributed by atoms with E-state index in [0.717, 1.165) is 11.8 Å². The van der Waals surface area contributed by atoms with Crippen molar-refractivity contribution in [3.63, 3.8) is 0 Å². The Hall–Kier alpha value is -1.43. The second kappa shape index (κ2) is 6.22. The topological polar surface area (TPSA) is 78.1 Å². The smallest absolute Gasteiger partial charge is 0.360 e. The third kappa shape index (κ3) is 3.30. The van der Waals surface area contributed by atoms with Gasteiger partial charge in [0.1, 0.15) is 0 Å². The lowest BCUT2D eigenvalue weighted by Gasteiger charge is -2.02. The van der Waals surface area contributed by atoms with E-state index in [1.165, 1.54) is 13.3 Å². The van der Waals surface area contributed by atoms with E-state index >= 15 is 0 Å². The van der Waals surface area contributed by atoms with Gasteiger partial charge in [0.15, 0.2) is 11.5 Å². The number of methoxy groups -OCH3 is 1. The SMILES string of the molecule is COC(=O)c1nc(C=CCCBr)cnc1N. The minimum Gasteiger partial charge on any atom is -0.464 e. The van der Waals surface area contributed by atoms with Crippen molar-refractivity contribution in [1.82, 2.24) is 9.97 Å². The molecule has 0 amide bonds. The summed E-state index contributed by atoms with van der Waals surface area (Å²) in [4.78, 5) is 19.2. The number of nitrogens with zero attached hydrogens (tertiary/aromatic N) is 2. The predicted molar refractivity (Wildman–Crippen MR) is 65.2 cm³/mol. The first-order chi connectivity index (χ1) is 7.69. The number of aromatic nitrogens is 2. The first-order valence-electron chi connectivity index (χ1n) is 4.62. The minimum atomic E-state index is -0.583. The molecule has 0 bridgehead atoms. The number of allylic oxidation sites excluding steroid dienone is 1. The van der Waals surface area contributed by atoms with Crippen LogP contribution in [0.2, 0.25) is 0 Å². The van der Waals surface area contributed by atoms with E-state index in [0.29, 0.717) is 5.69 Å². The zero-order valence-corrected chi connectivity index (χ0v) is 10.4. The van der Waals surface area contributed by atoms with Crippen molar-refractivity contribution in [2.75, 3.05) is 18.2 Å². The van der Waals surface area contributed by atoms with Crippen LogP contribution >= 0.6 is 15.9 Å². The maximum absolute atomic E-state index is 11.3. The predicted octanol–water partition coefficient (Wildman–Crippen LogP) is 1.64. The molecule has 5 nitrogen and oxygen atoms in total. The van der Waals surface area contributed by atoms with Crippen LogP contribution in [-0.2, 0) is 4.74 Å². The molecular formula is C10H12BrN3O2. The van der Waals surface area contributed by atoms with Gasteiger partial charge < -0.3 is 10.5 Å². The van der Waals surface area contributed by atoms with Crippen LogP contribution in [0, 0.1) is 0 Å². The summed E-state index contributed by atoms with van der Waals surface area (Å²) >= 11 is 3.30. The van der Waals surface area contributed by atoms with Crippen LogP contribution in [0.5, 0.6) is 0 Å². The Morgan fingerprint density at radius 1 is 1.69 bits per heavy atom. The Morgan fingerprint density at radius 3 is 3.06 bits per heavy atom. The molecule has 0 atom stereocenters. The lowest BCUT2D eigenvalue weighted by Crippen LogP contribution is -2.10. The molecule has 16 heavy (non-hydrogen) atoms. The van der Waals surface area contributed by atoms with Crippen LogP contribution < -0.4 is 5.73 Å². The van der Waals surface area contributed by atoms with E-state index in [1.54, 1.807) is 6.08 Å². The number of hydrogen-bond acceptors (Lipinski definition) is 5. The molecule has 0 saturated carbocycles. The molecule has 0 fully saturated rings. The summed E-state index contributed by atoms with van der Waals surface area (Å²) in [6.45, 7) is 0. The second-order valence-corrected chi connectivity index (χ2v) is 3.69. The molecule has 0 saturated heterocycles. The highest BCUT2D eigenvalue weighted by molar-refractivity contribution is 9.09. The maximum Gasteiger partial charge on any atom is 0.360 e. The van der Waals surface area contributed by atoms with Gasteiger partial charge in [0.2, 0.25) is 0 Å². The highest BCUT2D eigenvalue weighted by atomic mass is 79.9. The molecule has 0 aliphatic heterocycles. The Bertz CT molecular complexity index is 407. The Labute approximate surface area is 102 Å². The fourth-order valence-corrected chi connectivity index (χ4v) is 1.27. The van der Waals surface area contributed by atoms with Crippen molar-refractivity contribution < 1.29 is 9.53 Å². The zero-order chi connectivity index (χ0) is 12.0. The first-order valence-corrected chi connectivity index (χ1v) is 5.74. The van der Waals surface area contributed by atoms with Gasteiger partial charge in [-0.15, -0.1) is 0 Å². The molecule has 0 unspecified atom stereocenters. The number of esters is 1. The van der Waals surface area contributed by atoms with E-state index in [-0.39, 0.29) is 11.5 Å². The van der Waals surface area contributed by atoms with Crippen LogP contribution in [0.1, 0.15) is 22.6 Å². The molecule has 0 radical (unpaired) electrons. The molecule has 1 aromatic rings. The third-order valence-electron chi connectivity index (χ3n) is 1.76. The third-order valence-corrected chi connectivity index (χ3v) is 2.22. The highest BCUT2D eigenvalue weighted by Gasteiger charge is 2.12. The number of anilines is 1. The Balaban J connectivity index is 2.93. The number of rotatable bonds is 4. The lowest BCUT2D eigenvalue weighted by atomic mass is 10.3. The molecule has 0 aliphatic rings. The summed E-state index contributed by atoms with van der Waals surface area (Å²) in [5.41, 5.74) is 6.14. The van der Waals surface area contributed by atoms with Crippen molar-refractivity contribution in [3.8, 4) is 0 Å². The van der Waals surface area contributed by atoms with E-state index in [4.69, 9.17) is 5.73 Å². The number of nitrogens with two attached hydrogens (primary N) is 1. The molecule has 1 heterocycles. The van der Waals surface area contributed by atoms with Gasteiger partial charge in [0, 0.05) is 5.33 Å². The van der Waals surface area contributed by atoms with E-state index in [1.807, 2.05) is 6.08 Å². The number of carbonyl (C=O) groups is 1. The van der Waals surface area contributed by atoms with E-state index in [9.17, 15) is 4.79 Å². The molecule has 0 aliphatic carbocycles.